The molecule has 0 spiro atoms. The van der Waals surface area contributed by atoms with Gasteiger partial charge in [-0.2, -0.15) is 8.42 Å². The molecule has 1 heterocycles. The highest BCUT2D eigenvalue weighted by Crippen LogP contribution is 2.22. The van der Waals surface area contributed by atoms with Gasteiger partial charge in [0.25, 0.3) is 0 Å². The van der Waals surface area contributed by atoms with Gasteiger partial charge in [0.1, 0.15) is 5.25 Å². The lowest BCUT2D eigenvalue weighted by Gasteiger charge is -2.16. The minimum atomic E-state index is -4.73. The predicted octanol–water partition coefficient (Wildman–Crippen LogP) is 0.490. The second-order valence-electron chi connectivity index (χ2n) is 4.99. The molecule has 0 radical (unpaired) electrons. The van der Waals surface area contributed by atoms with Gasteiger partial charge >= 0.3 is 10.2 Å². The number of amides is 1. The molecule has 1 aliphatic rings. The first-order valence-electron chi connectivity index (χ1n) is 6.07. The van der Waals surface area contributed by atoms with Crippen molar-refractivity contribution in [1.82, 2.24) is 4.90 Å². The van der Waals surface area contributed by atoms with Crippen LogP contribution in [-0.2, 0) is 31.4 Å². The van der Waals surface area contributed by atoms with E-state index >= 15 is 0 Å². The van der Waals surface area contributed by atoms with Crippen LogP contribution in [0.15, 0.2) is 29.2 Å². The largest absolute Gasteiger partial charge is 0.337 e. The molecule has 1 aromatic carbocycles. The van der Waals surface area contributed by atoms with Gasteiger partial charge in [-0.1, -0.05) is 12.1 Å². The Bertz CT molecular complexity index is 755. The van der Waals surface area contributed by atoms with E-state index in [2.05, 4.69) is 0 Å². The zero-order chi connectivity index (χ0) is 15.8. The Morgan fingerprint density at radius 2 is 1.76 bits per heavy atom. The molecule has 0 bridgehead atoms. The first-order chi connectivity index (χ1) is 9.57. The summed E-state index contributed by atoms with van der Waals surface area (Å²) in [5.74, 6) is -0.437. The van der Waals surface area contributed by atoms with E-state index in [1.54, 1.807) is 12.1 Å². The Morgan fingerprint density at radius 1 is 1.19 bits per heavy atom. The monoisotopic (exact) mass is 335 g/mol. The molecule has 116 valence electrons. The van der Waals surface area contributed by atoms with Crippen LogP contribution in [0, 0.1) is 0 Å². The van der Waals surface area contributed by atoms with Crippen molar-refractivity contribution >= 4 is 26.0 Å². The van der Waals surface area contributed by atoms with Crippen LogP contribution in [0.3, 0.4) is 0 Å². The number of benzene rings is 1. The zero-order valence-electron chi connectivity index (χ0n) is 11.2. The molecule has 1 aliphatic heterocycles. The molecule has 0 aromatic heterocycles. The molecule has 0 N–H and O–H groups in total. The van der Waals surface area contributed by atoms with Gasteiger partial charge < -0.3 is 4.90 Å². The maximum absolute atomic E-state index is 12.9. The van der Waals surface area contributed by atoms with Gasteiger partial charge in [0.05, 0.1) is 4.90 Å². The van der Waals surface area contributed by atoms with Crippen LogP contribution in [-0.4, -0.2) is 45.7 Å². The highest BCUT2D eigenvalue weighted by Gasteiger charge is 2.38. The van der Waals surface area contributed by atoms with Gasteiger partial charge in [0.15, 0.2) is 9.84 Å². The van der Waals surface area contributed by atoms with E-state index < -0.39 is 31.2 Å². The lowest BCUT2D eigenvalue weighted by atomic mass is 10.2. The van der Waals surface area contributed by atoms with Crippen molar-refractivity contribution in [3.05, 3.63) is 29.8 Å². The second kappa shape index (κ2) is 5.38. The average Bonchev–Trinajstić information content (AvgIpc) is 2.70. The smallest absolute Gasteiger partial charge is 0.307 e. The van der Waals surface area contributed by atoms with Crippen LogP contribution in [0.25, 0.3) is 0 Å². The Hall–Kier alpha value is -1.48. The minimum absolute atomic E-state index is 0.120. The third-order valence-electron chi connectivity index (χ3n) is 3.30. The highest BCUT2D eigenvalue weighted by atomic mass is 32.3. The number of hydrogen-bond donors (Lipinski definition) is 0. The fourth-order valence-electron chi connectivity index (χ4n) is 2.14. The van der Waals surface area contributed by atoms with Crippen LogP contribution in [0.1, 0.15) is 12.0 Å². The lowest BCUT2D eigenvalue weighted by Crippen LogP contribution is -2.26. The summed E-state index contributed by atoms with van der Waals surface area (Å²) in [4.78, 5) is 13.1. The Kier molecular flexibility index (Phi) is 4.07. The normalized spacial score (nSPS) is 20.0. The number of carbonyl (C=O) groups is 1. The van der Waals surface area contributed by atoms with Gasteiger partial charge in [-0.3, -0.25) is 4.79 Å². The van der Waals surface area contributed by atoms with Gasteiger partial charge in [-0.15, -0.1) is 3.89 Å². The quantitative estimate of drug-likeness (QED) is 0.747. The molecule has 1 saturated heterocycles. The van der Waals surface area contributed by atoms with Gasteiger partial charge in [0, 0.05) is 25.8 Å². The minimum Gasteiger partial charge on any atom is -0.337 e. The molecule has 1 aromatic rings. The molecule has 1 fully saturated rings. The number of carbonyl (C=O) groups excluding carboxylic acids is 1. The van der Waals surface area contributed by atoms with E-state index in [-0.39, 0.29) is 24.4 Å². The van der Waals surface area contributed by atoms with E-state index in [0.717, 1.165) is 6.26 Å². The van der Waals surface area contributed by atoms with E-state index in [1.165, 1.54) is 17.0 Å². The van der Waals surface area contributed by atoms with E-state index in [0.29, 0.717) is 5.56 Å². The SMILES string of the molecule is CS(=O)(=O)c1ccc(CN2CC(S(=O)(=O)F)CC2=O)cc1. The van der Waals surface area contributed by atoms with Crippen LogP contribution >= 0.6 is 0 Å². The maximum Gasteiger partial charge on any atom is 0.307 e. The predicted molar refractivity (Wildman–Crippen MR) is 73.4 cm³/mol. The third kappa shape index (κ3) is 3.79. The average molecular weight is 335 g/mol. The number of sulfone groups is 1. The maximum atomic E-state index is 12.9. The van der Waals surface area contributed by atoms with E-state index in [1.807, 2.05) is 0 Å². The number of rotatable bonds is 4. The number of halogens is 1. The molecule has 1 unspecified atom stereocenters. The molecule has 0 aliphatic carbocycles. The molecule has 6 nitrogen and oxygen atoms in total. The summed E-state index contributed by atoms with van der Waals surface area (Å²) in [5, 5.41) is -1.32. The Balaban J connectivity index is 2.11. The number of likely N-dealkylation sites (tertiary alicyclic amines) is 1. The summed E-state index contributed by atoms with van der Waals surface area (Å²) in [6.07, 6.45) is 0.725. The van der Waals surface area contributed by atoms with Gasteiger partial charge in [0.2, 0.25) is 5.91 Å². The van der Waals surface area contributed by atoms with Crippen LogP contribution in [0.2, 0.25) is 0 Å². The fraction of sp³-hybridized carbons (Fsp3) is 0.417. The molecule has 1 atom stereocenters. The molecule has 0 saturated carbocycles. The van der Waals surface area contributed by atoms with E-state index in [4.69, 9.17) is 0 Å². The lowest BCUT2D eigenvalue weighted by molar-refractivity contribution is -0.128. The molecule has 2 rings (SSSR count). The molecule has 21 heavy (non-hydrogen) atoms. The first-order valence-corrected chi connectivity index (χ1v) is 9.41. The van der Waals surface area contributed by atoms with Gasteiger partial charge in [-0.05, 0) is 17.7 Å². The molecular weight excluding hydrogens is 321 g/mol. The number of hydrogen-bond acceptors (Lipinski definition) is 5. The summed E-state index contributed by atoms with van der Waals surface area (Å²) in [6.45, 7) is -0.0691. The Morgan fingerprint density at radius 3 is 2.19 bits per heavy atom. The Labute approximate surface area is 122 Å². The van der Waals surface area contributed by atoms with Crippen molar-refractivity contribution < 1.29 is 25.5 Å². The van der Waals surface area contributed by atoms with Crippen molar-refractivity contribution in [2.75, 3.05) is 12.8 Å². The molecule has 1 amide bonds. The summed E-state index contributed by atoms with van der Waals surface area (Å²) in [7, 11) is -8.02. The zero-order valence-corrected chi connectivity index (χ0v) is 12.8. The van der Waals surface area contributed by atoms with Crippen molar-refractivity contribution in [3.8, 4) is 0 Å². The topological polar surface area (TPSA) is 88.6 Å². The van der Waals surface area contributed by atoms with Crippen molar-refractivity contribution in [1.29, 1.82) is 0 Å². The summed E-state index contributed by atoms with van der Waals surface area (Å²) in [5.41, 5.74) is 0.646. The van der Waals surface area contributed by atoms with Crippen LogP contribution in [0.5, 0.6) is 0 Å². The first kappa shape index (κ1) is 15.9. The second-order valence-corrected chi connectivity index (χ2v) is 8.63. The van der Waals surface area contributed by atoms with Gasteiger partial charge in [-0.25, -0.2) is 8.42 Å². The number of nitrogens with zero attached hydrogens (tertiary/aromatic N) is 1. The standard InChI is InChI=1S/C12H14FNO5S2/c1-20(16,17)10-4-2-9(3-5-10)7-14-8-11(6-12(14)15)21(13,18)19/h2-5,11H,6-8H2,1H3. The fourth-order valence-corrected chi connectivity index (χ4v) is 3.47. The summed E-state index contributed by atoms with van der Waals surface area (Å²) >= 11 is 0. The van der Waals surface area contributed by atoms with Crippen molar-refractivity contribution in [3.63, 3.8) is 0 Å². The highest BCUT2D eigenvalue weighted by molar-refractivity contribution is 7.90. The van der Waals surface area contributed by atoms with Crippen molar-refractivity contribution in [2.45, 2.75) is 23.1 Å². The molecular formula is C12H14FNO5S2. The third-order valence-corrected chi connectivity index (χ3v) is 5.54. The summed E-state index contributed by atoms with van der Waals surface area (Å²) in [6, 6.07) is 5.91. The molecule has 9 heteroatoms. The summed E-state index contributed by atoms with van der Waals surface area (Å²) < 4.78 is 57.2. The van der Waals surface area contributed by atoms with Crippen LogP contribution in [0.4, 0.5) is 3.89 Å². The van der Waals surface area contributed by atoms with Crippen LogP contribution < -0.4 is 0 Å². The van der Waals surface area contributed by atoms with E-state index in [9.17, 15) is 25.5 Å². The van der Waals surface area contributed by atoms with Crippen molar-refractivity contribution in [2.24, 2.45) is 0 Å².